The molecule has 1 amide bonds. The summed E-state index contributed by atoms with van der Waals surface area (Å²) in [7, 11) is 0. The lowest BCUT2D eigenvalue weighted by Crippen LogP contribution is -2.15. The summed E-state index contributed by atoms with van der Waals surface area (Å²) in [4.78, 5) is 17.3. The average Bonchev–Trinajstić information content (AvgIpc) is 2.80. The summed E-state index contributed by atoms with van der Waals surface area (Å²) < 4.78 is 11.8. The zero-order valence-electron chi connectivity index (χ0n) is 19.4. The van der Waals surface area contributed by atoms with Crippen molar-refractivity contribution in [3.8, 4) is 11.5 Å². The molecule has 1 unspecified atom stereocenters. The van der Waals surface area contributed by atoms with Crippen molar-refractivity contribution in [3.05, 3.63) is 83.2 Å². The summed E-state index contributed by atoms with van der Waals surface area (Å²) in [5.41, 5.74) is 3.95. The van der Waals surface area contributed by atoms with Crippen molar-refractivity contribution in [1.29, 1.82) is 0 Å². The molecule has 0 spiro atoms. The number of aryl methyl sites for hydroxylation is 2. The molecule has 1 heterocycles. The smallest absolute Gasteiger partial charge is 0.257 e. The molecule has 2 aromatic carbocycles. The minimum absolute atomic E-state index is 0.0965. The molecular weight excluding hydrogens is 400 g/mol. The van der Waals surface area contributed by atoms with E-state index in [1.54, 1.807) is 6.07 Å². The second-order valence-electron chi connectivity index (χ2n) is 7.82. The fourth-order valence-corrected chi connectivity index (χ4v) is 3.44. The van der Waals surface area contributed by atoms with Crippen LogP contribution in [0.2, 0.25) is 0 Å². The molecule has 168 valence electrons. The summed E-state index contributed by atoms with van der Waals surface area (Å²) >= 11 is 0. The van der Waals surface area contributed by atoms with Crippen molar-refractivity contribution in [1.82, 2.24) is 4.98 Å². The number of rotatable bonds is 10. The predicted molar refractivity (Wildman–Crippen MR) is 129 cm³/mol. The topological polar surface area (TPSA) is 60.5 Å². The van der Waals surface area contributed by atoms with E-state index in [1.807, 2.05) is 62.4 Å². The number of aromatic nitrogens is 1. The van der Waals surface area contributed by atoms with Gasteiger partial charge in [0.25, 0.3) is 5.91 Å². The van der Waals surface area contributed by atoms with Gasteiger partial charge in [0.15, 0.2) is 0 Å². The van der Waals surface area contributed by atoms with Crippen molar-refractivity contribution in [2.75, 3.05) is 11.9 Å². The van der Waals surface area contributed by atoms with Crippen LogP contribution in [0.3, 0.4) is 0 Å². The highest BCUT2D eigenvalue weighted by Crippen LogP contribution is 2.27. The van der Waals surface area contributed by atoms with E-state index in [9.17, 15) is 4.79 Å². The molecule has 0 saturated carbocycles. The van der Waals surface area contributed by atoms with Crippen LogP contribution in [0.25, 0.3) is 0 Å². The number of hydrogen-bond acceptors (Lipinski definition) is 4. The number of anilines is 1. The zero-order valence-corrected chi connectivity index (χ0v) is 19.4. The molecule has 0 radical (unpaired) electrons. The monoisotopic (exact) mass is 432 g/mol. The number of benzene rings is 2. The molecule has 1 N–H and O–H groups in total. The predicted octanol–water partition coefficient (Wildman–Crippen LogP) is 6.87. The molecular formula is C27H32N2O3. The van der Waals surface area contributed by atoms with E-state index in [2.05, 4.69) is 30.2 Å². The summed E-state index contributed by atoms with van der Waals surface area (Å²) in [6, 6.07) is 19.1. The van der Waals surface area contributed by atoms with Crippen LogP contribution < -0.4 is 10.1 Å². The number of hydrogen-bond donors (Lipinski definition) is 1. The Morgan fingerprint density at radius 3 is 2.44 bits per heavy atom. The van der Waals surface area contributed by atoms with Gasteiger partial charge < -0.3 is 14.8 Å². The van der Waals surface area contributed by atoms with E-state index in [4.69, 9.17) is 9.47 Å². The summed E-state index contributed by atoms with van der Waals surface area (Å²) in [5, 5.41) is 2.94. The van der Waals surface area contributed by atoms with Crippen molar-refractivity contribution in [2.45, 2.75) is 53.1 Å². The van der Waals surface area contributed by atoms with Gasteiger partial charge in [0.1, 0.15) is 11.5 Å². The van der Waals surface area contributed by atoms with E-state index < -0.39 is 0 Å². The van der Waals surface area contributed by atoms with E-state index in [1.165, 1.54) is 5.56 Å². The fraction of sp³-hybridized carbons (Fsp3) is 0.333. The Morgan fingerprint density at radius 2 is 1.75 bits per heavy atom. The van der Waals surface area contributed by atoms with E-state index in [0.29, 0.717) is 23.6 Å². The Balaban J connectivity index is 1.65. The van der Waals surface area contributed by atoms with Gasteiger partial charge in [0, 0.05) is 12.3 Å². The molecule has 3 rings (SSSR count). The molecule has 0 fully saturated rings. The number of nitrogens with one attached hydrogen (secondary N) is 1. The summed E-state index contributed by atoms with van der Waals surface area (Å²) in [5.74, 6) is 1.41. The van der Waals surface area contributed by atoms with Crippen LogP contribution in [0, 0.1) is 6.92 Å². The Bertz CT molecular complexity index is 1030. The number of pyridine rings is 1. The second-order valence-corrected chi connectivity index (χ2v) is 7.82. The van der Waals surface area contributed by atoms with Crippen molar-refractivity contribution in [3.63, 3.8) is 0 Å². The standard InChI is InChI=1S/C27H32N2O3/c1-5-9-21-10-7-8-11-26(21)32-23-14-12-22(13-15-23)29-27(30)24-16-17-25(28-19(24)3)20(4)31-18-6-2/h7-8,10-17,20H,5-6,9,18H2,1-4H3,(H,29,30). The Hall–Kier alpha value is -3.18. The number of amides is 1. The minimum Gasteiger partial charge on any atom is -0.457 e. The molecule has 1 aromatic heterocycles. The first kappa shape index (κ1) is 23.5. The highest BCUT2D eigenvalue weighted by atomic mass is 16.5. The third-order valence-corrected chi connectivity index (χ3v) is 5.17. The maximum absolute atomic E-state index is 12.8. The Morgan fingerprint density at radius 1 is 1.00 bits per heavy atom. The highest BCUT2D eigenvalue weighted by molar-refractivity contribution is 6.05. The largest absolute Gasteiger partial charge is 0.457 e. The lowest BCUT2D eigenvalue weighted by Gasteiger charge is -2.14. The van der Waals surface area contributed by atoms with Crippen LogP contribution in [0.15, 0.2) is 60.7 Å². The van der Waals surface area contributed by atoms with E-state index in [-0.39, 0.29) is 12.0 Å². The van der Waals surface area contributed by atoms with Gasteiger partial charge in [-0.05, 0) is 74.7 Å². The first-order valence-corrected chi connectivity index (χ1v) is 11.3. The first-order valence-electron chi connectivity index (χ1n) is 11.3. The third-order valence-electron chi connectivity index (χ3n) is 5.17. The molecule has 0 aliphatic carbocycles. The molecule has 32 heavy (non-hydrogen) atoms. The van der Waals surface area contributed by atoms with Gasteiger partial charge in [-0.25, -0.2) is 0 Å². The van der Waals surface area contributed by atoms with Crippen LogP contribution in [-0.2, 0) is 11.2 Å². The van der Waals surface area contributed by atoms with Crippen LogP contribution >= 0.6 is 0 Å². The van der Waals surface area contributed by atoms with Gasteiger partial charge in [-0.1, -0.05) is 38.5 Å². The van der Waals surface area contributed by atoms with E-state index in [0.717, 1.165) is 36.5 Å². The molecule has 3 aromatic rings. The third kappa shape index (κ3) is 6.17. The molecule has 0 aliphatic rings. The zero-order chi connectivity index (χ0) is 22.9. The molecule has 0 bridgehead atoms. The average molecular weight is 433 g/mol. The van der Waals surface area contributed by atoms with Crippen molar-refractivity contribution < 1.29 is 14.3 Å². The normalized spacial score (nSPS) is 11.8. The van der Waals surface area contributed by atoms with E-state index >= 15 is 0 Å². The van der Waals surface area contributed by atoms with Gasteiger partial charge >= 0.3 is 0 Å². The maximum atomic E-state index is 12.8. The second kappa shape index (κ2) is 11.4. The van der Waals surface area contributed by atoms with Gasteiger partial charge in [-0.3, -0.25) is 9.78 Å². The fourth-order valence-electron chi connectivity index (χ4n) is 3.44. The maximum Gasteiger partial charge on any atom is 0.257 e. The first-order chi connectivity index (χ1) is 15.5. The summed E-state index contributed by atoms with van der Waals surface area (Å²) in [6.07, 6.45) is 2.89. The Labute approximate surface area is 190 Å². The van der Waals surface area contributed by atoms with Crippen LogP contribution in [0.5, 0.6) is 11.5 Å². The van der Waals surface area contributed by atoms with Crippen LogP contribution in [0.1, 0.15) is 67.0 Å². The SMILES string of the molecule is CCCOC(C)c1ccc(C(=O)Nc2ccc(Oc3ccccc3CCC)cc2)c(C)n1. The van der Waals surface area contributed by atoms with Crippen molar-refractivity contribution in [2.24, 2.45) is 0 Å². The van der Waals surface area contributed by atoms with Crippen LogP contribution in [-0.4, -0.2) is 17.5 Å². The van der Waals surface area contributed by atoms with Crippen LogP contribution in [0.4, 0.5) is 5.69 Å². The highest BCUT2D eigenvalue weighted by Gasteiger charge is 2.14. The van der Waals surface area contributed by atoms with Gasteiger partial charge in [-0.15, -0.1) is 0 Å². The lowest BCUT2D eigenvalue weighted by atomic mass is 10.1. The minimum atomic E-state index is -0.189. The quantitative estimate of drug-likeness (QED) is 0.379. The number of nitrogens with zero attached hydrogens (tertiary/aromatic N) is 1. The number of ether oxygens (including phenoxy) is 2. The van der Waals surface area contributed by atoms with Gasteiger partial charge in [-0.2, -0.15) is 0 Å². The molecule has 0 saturated heterocycles. The van der Waals surface area contributed by atoms with Gasteiger partial charge in [0.05, 0.1) is 23.1 Å². The number of para-hydroxylation sites is 1. The molecule has 0 aliphatic heterocycles. The number of carbonyl (C=O) groups is 1. The molecule has 1 atom stereocenters. The molecule has 5 heteroatoms. The van der Waals surface area contributed by atoms with Crippen molar-refractivity contribution >= 4 is 11.6 Å². The molecule has 5 nitrogen and oxygen atoms in total. The Kier molecular flexibility index (Phi) is 8.40. The summed E-state index contributed by atoms with van der Waals surface area (Å²) in [6.45, 7) is 8.73. The van der Waals surface area contributed by atoms with Gasteiger partial charge in [0.2, 0.25) is 0 Å². The lowest BCUT2D eigenvalue weighted by molar-refractivity contribution is 0.0632. The number of carbonyl (C=O) groups excluding carboxylic acids is 1.